The molecule has 1 amide bonds. The van der Waals surface area contributed by atoms with Crippen molar-refractivity contribution in [2.75, 3.05) is 39.8 Å². The van der Waals surface area contributed by atoms with Crippen LogP contribution < -0.4 is 4.74 Å². The number of hydrogen-bond donors (Lipinski definition) is 0. The van der Waals surface area contributed by atoms with Crippen molar-refractivity contribution in [3.05, 3.63) is 29.8 Å². The van der Waals surface area contributed by atoms with Crippen LogP contribution in [-0.2, 0) is 11.2 Å². The summed E-state index contributed by atoms with van der Waals surface area (Å²) in [5.41, 5.74) is 1.21. The highest BCUT2D eigenvalue weighted by Gasteiger charge is 2.17. The molecule has 0 aromatic heterocycles. The first-order valence-corrected chi connectivity index (χ1v) is 7.87. The van der Waals surface area contributed by atoms with Gasteiger partial charge in [-0.05, 0) is 44.0 Å². The highest BCUT2D eigenvalue weighted by molar-refractivity contribution is 5.78. The largest absolute Gasteiger partial charge is 0.491 e. The third-order valence-corrected chi connectivity index (χ3v) is 4.02. The summed E-state index contributed by atoms with van der Waals surface area (Å²) in [5.74, 6) is 1.12. The van der Waals surface area contributed by atoms with Gasteiger partial charge in [-0.15, -0.1) is 0 Å². The number of aryl methyl sites for hydroxylation is 1. The maximum Gasteiger partial charge on any atom is 0.236 e. The lowest BCUT2D eigenvalue weighted by Gasteiger charge is -2.21. The molecule has 0 atom stereocenters. The number of likely N-dealkylation sites (N-methyl/N-ethyl adjacent to an activating group) is 1. The second-order valence-corrected chi connectivity index (χ2v) is 5.61. The molecule has 0 saturated carbocycles. The number of amides is 1. The van der Waals surface area contributed by atoms with Gasteiger partial charge >= 0.3 is 0 Å². The van der Waals surface area contributed by atoms with Crippen molar-refractivity contribution >= 4 is 5.91 Å². The summed E-state index contributed by atoms with van der Waals surface area (Å²) in [6, 6.07) is 8.08. The van der Waals surface area contributed by atoms with E-state index in [4.69, 9.17) is 4.74 Å². The number of benzene rings is 1. The van der Waals surface area contributed by atoms with Crippen LogP contribution in [0.2, 0.25) is 0 Å². The van der Waals surface area contributed by atoms with Crippen molar-refractivity contribution in [3.8, 4) is 5.75 Å². The third-order valence-electron chi connectivity index (χ3n) is 4.02. The Balaban J connectivity index is 1.73. The van der Waals surface area contributed by atoms with Crippen molar-refractivity contribution in [2.24, 2.45) is 0 Å². The number of para-hydroxylation sites is 1. The molecule has 116 valence electrons. The lowest BCUT2D eigenvalue weighted by atomic mass is 10.1. The van der Waals surface area contributed by atoms with Gasteiger partial charge in [-0.2, -0.15) is 0 Å². The quantitative estimate of drug-likeness (QED) is 0.771. The fourth-order valence-corrected chi connectivity index (χ4v) is 2.61. The van der Waals surface area contributed by atoms with E-state index in [0.29, 0.717) is 19.7 Å². The maximum absolute atomic E-state index is 12.1. The Morgan fingerprint density at radius 1 is 1.29 bits per heavy atom. The van der Waals surface area contributed by atoms with E-state index >= 15 is 0 Å². The first kappa shape index (κ1) is 15.8. The molecule has 4 heteroatoms. The second-order valence-electron chi connectivity index (χ2n) is 5.61. The number of carbonyl (C=O) groups excluding carboxylic acids is 1. The van der Waals surface area contributed by atoms with Gasteiger partial charge in [0.25, 0.3) is 0 Å². The number of rotatable bonds is 7. The zero-order chi connectivity index (χ0) is 15.1. The van der Waals surface area contributed by atoms with Gasteiger partial charge in [0.1, 0.15) is 12.4 Å². The molecule has 0 unspecified atom stereocenters. The van der Waals surface area contributed by atoms with Crippen LogP contribution in [0.15, 0.2) is 24.3 Å². The molecule has 0 spiro atoms. The van der Waals surface area contributed by atoms with Crippen LogP contribution in [0.5, 0.6) is 5.75 Å². The summed E-state index contributed by atoms with van der Waals surface area (Å²) in [4.78, 5) is 16.1. The van der Waals surface area contributed by atoms with Crippen molar-refractivity contribution < 1.29 is 9.53 Å². The minimum atomic E-state index is 0.185. The predicted octanol–water partition coefficient (Wildman–Crippen LogP) is 2.18. The molecule has 0 aliphatic carbocycles. The Hall–Kier alpha value is -1.55. The number of likely N-dealkylation sites (tertiary alicyclic amines) is 1. The molecule has 1 saturated heterocycles. The summed E-state index contributed by atoms with van der Waals surface area (Å²) in [6.45, 7) is 5.94. The van der Waals surface area contributed by atoms with Crippen LogP contribution >= 0.6 is 0 Å². The van der Waals surface area contributed by atoms with Gasteiger partial charge in [-0.1, -0.05) is 25.1 Å². The number of nitrogens with zero attached hydrogens (tertiary/aromatic N) is 2. The number of ether oxygens (including phenoxy) is 1. The van der Waals surface area contributed by atoms with Crippen LogP contribution in [0.3, 0.4) is 0 Å². The third kappa shape index (κ3) is 4.74. The monoisotopic (exact) mass is 290 g/mol. The number of carbonyl (C=O) groups is 1. The molecule has 2 rings (SSSR count). The molecule has 0 N–H and O–H groups in total. The van der Waals surface area contributed by atoms with E-state index in [2.05, 4.69) is 17.9 Å². The Labute approximate surface area is 127 Å². The summed E-state index contributed by atoms with van der Waals surface area (Å²) in [6.07, 6.45) is 3.39. The average molecular weight is 290 g/mol. The standard InChI is InChI=1S/C17H26N2O2/c1-3-15-8-4-5-9-16(15)21-13-12-18(2)17(20)14-19-10-6-7-11-19/h4-5,8-9H,3,6-7,10-14H2,1-2H3. The SMILES string of the molecule is CCc1ccccc1OCCN(C)C(=O)CN1CCCC1. The summed E-state index contributed by atoms with van der Waals surface area (Å²) >= 11 is 0. The Kier molecular flexibility index (Phi) is 6.05. The topological polar surface area (TPSA) is 32.8 Å². The normalized spacial score (nSPS) is 15.1. The highest BCUT2D eigenvalue weighted by Crippen LogP contribution is 2.18. The average Bonchev–Trinajstić information content (AvgIpc) is 3.00. The molecule has 1 fully saturated rings. The molecule has 1 aromatic carbocycles. The second kappa shape index (κ2) is 8.03. The molecule has 0 bridgehead atoms. The van der Waals surface area contributed by atoms with Gasteiger partial charge in [-0.3, -0.25) is 9.69 Å². The van der Waals surface area contributed by atoms with E-state index in [-0.39, 0.29) is 5.91 Å². The summed E-state index contributed by atoms with van der Waals surface area (Å²) in [7, 11) is 1.85. The lowest BCUT2D eigenvalue weighted by Crippen LogP contribution is -2.38. The Morgan fingerprint density at radius 3 is 2.71 bits per heavy atom. The molecule has 1 aromatic rings. The van der Waals surface area contributed by atoms with Crippen LogP contribution in [0.25, 0.3) is 0 Å². The van der Waals surface area contributed by atoms with Gasteiger partial charge in [0.2, 0.25) is 5.91 Å². The fourth-order valence-electron chi connectivity index (χ4n) is 2.61. The lowest BCUT2D eigenvalue weighted by molar-refractivity contribution is -0.131. The van der Waals surface area contributed by atoms with Crippen molar-refractivity contribution in [1.82, 2.24) is 9.80 Å². The van der Waals surface area contributed by atoms with Gasteiger partial charge in [-0.25, -0.2) is 0 Å². The summed E-state index contributed by atoms with van der Waals surface area (Å²) < 4.78 is 5.81. The van der Waals surface area contributed by atoms with Crippen LogP contribution in [-0.4, -0.2) is 55.5 Å². The van der Waals surface area contributed by atoms with E-state index in [9.17, 15) is 4.79 Å². The van der Waals surface area contributed by atoms with Crippen LogP contribution in [0.1, 0.15) is 25.3 Å². The molecule has 1 aliphatic heterocycles. The highest BCUT2D eigenvalue weighted by atomic mass is 16.5. The van der Waals surface area contributed by atoms with Crippen LogP contribution in [0.4, 0.5) is 0 Å². The zero-order valence-corrected chi connectivity index (χ0v) is 13.2. The van der Waals surface area contributed by atoms with Gasteiger partial charge in [0.15, 0.2) is 0 Å². The minimum Gasteiger partial charge on any atom is -0.491 e. The molecular weight excluding hydrogens is 264 g/mol. The van der Waals surface area contributed by atoms with Crippen molar-refractivity contribution in [3.63, 3.8) is 0 Å². The Bertz CT molecular complexity index is 456. The van der Waals surface area contributed by atoms with E-state index in [1.807, 2.05) is 25.2 Å². The molecule has 1 heterocycles. The molecular formula is C17H26N2O2. The van der Waals surface area contributed by atoms with Crippen molar-refractivity contribution in [2.45, 2.75) is 26.2 Å². The molecule has 1 aliphatic rings. The van der Waals surface area contributed by atoms with E-state index < -0.39 is 0 Å². The van der Waals surface area contributed by atoms with Crippen LogP contribution in [0, 0.1) is 0 Å². The van der Waals surface area contributed by atoms with Gasteiger partial charge < -0.3 is 9.64 Å². The first-order valence-electron chi connectivity index (χ1n) is 7.87. The molecule has 4 nitrogen and oxygen atoms in total. The predicted molar refractivity (Wildman–Crippen MR) is 84.6 cm³/mol. The first-order chi connectivity index (χ1) is 10.2. The smallest absolute Gasteiger partial charge is 0.236 e. The zero-order valence-electron chi connectivity index (χ0n) is 13.2. The molecule has 0 radical (unpaired) electrons. The number of hydrogen-bond acceptors (Lipinski definition) is 3. The van der Waals surface area contributed by atoms with Gasteiger partial charge in [0, 0.05) is 7.05 Å². The maximum atomic E-state index is 12.1. The summed E-state index contributed by atoms with van der Waals surface area (Å²) in [5, 5.41) is 0. The van der Waals surface area contributed by atoms with E-state index in [0.717, 1.165) is 25.3 Å². The molecule has 21 heavy (non-hydrogen) atoms. The van der Waals surface area contributed by atoms with E-state index in [1.54, 1.807) is 4.90 Å². The van der Waals surface area contributed by atoms with E-state index in [1.165, 1.54) is 18.4 Å². The van der Waals surface area contributed by atoms with Gasteiger partial charge in [0.05, 0.1) is 13.1 Å². The minimum absolute atomic E-state index is 0.185. The Morgan fingerprint density at radius 2 is 2.00 bits per heavy atom. The van der Waals surface area contributed by atoms with Crippen molar-refractivity contribution in [1.29, 1.82) is 0 Å². The fraction of sp³-hybridized carbons (Fsp3) is 0.588.